The molecule has 2 aliphatic heterocycles. The predicted molar refractivity (Wildman–Crippen MR) is 175 cm³/mol. The number of rotatable bonds is 8. The summed E-state index contributed by atoms with van der Waals surface area (Å²) in [6.45, 7) is 19.3. The highest BCUT2D eigenvalue weighted by Crippen LogP contribution is 2.89. The molecule has 0 radical (unpaired) electrons. The van der Waals surface area contributed by atoms with Crippen molar-refractivity contribution in [2.75, 3.05) is 40.0 Å². The normalized spacial score (nSPS) is 48.7. The lowest BCUT2D eigenvalue weighted by molar-refractivity contribution is -0.245. The molecule has 0 amide bonds. The molecule has 2 heterocycles. The molecule has 0 aromatic rings. The second-order valence-corrected chi connectivity index (χ2v) is 18.0. The van der Waals surface area contributed by atoms with Gasteiger partial charge in [0.15, 0.2) is 12.4 Å². The first kappa shape index (κ1) is 33.7. The Bertz CT molecular complexity index is 1150. The lowest BCUT2D eigenvalue weighted by Gasteiger charge is -2.60. The predicted octanol–water partition coefficient (Wildman–Crippen LogP) is 5.83. The van der Waals surface area contributed by atoms with Crippen molar-refractivity contribution in [3.63, 3.8) is 0 Å². The number of hydrogen-bond donors (Lipinski definition) is 1. The summed E-state index contributed by atoms with van der Waals surface area (Å²) < 4.78 is 31.0. The van der Waals surface area contributed by atoms with E-state index in [-0.39, 0.29) is 36.0 Å². The van der Waals surface area contributed by atoms with Crippen LogP contribution < -0.4 is 0 Å². The van der Waals surface area contributed by atoms with Crippen molar-refractivity contribution < 1.29 is 33.6 Å². The van der Waals surface area contributed by atoms with Crippen LogP contribution in [0.15, 0.2) is 0 Å². The minimum Gasteiger partial charge on any atom is -0.457 e. The summed E-state index contributed by atoms with van der Waals surface area (Å²) in [5.41, 5.74) is 0.148. The number of esters is 1. The van der Waals surface area contributed by atoms with Gasteiger partial charge in [-0.15, -0.1) is 0 Å². The molecule has 6 unspecified atom stereocenters. The molecule has 7 rings (SSSR count). The topological polar surface area (TPSA) is 86.7 Å². The monoisotopic (exact) mass is 645 g/mol. The van der Waals surface area contributed by atoms with Crippen LogP contribution in [-0.4, -0.2) is 92.2 Å². The minimum atomic E-state index is -1.14. The number of hydrogen-bond acceptors (Lipinski definition) is 8. The Balaban J connectivity index is 1.07. The van der Waals surface area contributed by atoms with Crippen LogP contribution in [0.25, 0.3) is 0 Å². The smallest absolute Gasteiger partial charge is 0.303 e. The Morgan fingerprint density at radius 2 is 1.78 bits per heavy atom. The average molecular weight is 646 g/mol. The SMILES string of the molecule is COCCN1CCOC(O[C@H]2CCC34C(CC[C@H]5C6CC7O[C@@H]([C@H](OC(C)=O)C(C)(C)O)CCC7[C@@]6(C)CC[C@]53[C@@H]4C)C2(C)C)C1. The molecule has 7 fully saturated rings. The van der Waals surface area contributed by atoms with Crippen LogP contribution in [0.1, 0.15) is 106 Å². The maximum absolute atomic E-state index is 12.0. The number of morpholine rings is 1. The van der Waals surface area contributed by atoms with Gasteiger partial charge in [0.05, 0.1) is 37.1 Å². The number of aliphatic hydroxyl groups is 1. The zero-order chi connectivity index (χ0) is 32.9. The molecule has 0 aromatic carbocycles. The highest BCUT2D eigenvalue weighted by molar-refractivity contribution is 5.66. The molecule has 8 nitrogen and oxygen atoms in total. The van der Waals surface area contributed by atoms with E-state index in [1.54, 1.807) is 21.0 Å². The van der Waals surface area contributed by atoms with Crippen molar-refractivity contribution in [1.82, 2.24) is 4.90 Å². The van der Waals surface area contributed by atoms with Gasteiger partial charge in [-0.3, -0.25) is 9.69 Å². The van der Waals surface area contributed by atoms with Crippen LogP contribution >= 0.6 is 0 Å². The van der Waals surface area contributed by atoms with E-state index in [2.05, 4.69) is 32.6 Å². The number of methoxy groups -OCH3 is 1. The summed E-state index contributed by atoms with van der Waals surface area (Å²) in [5.74, 6) is 3.08. The standard InChI is InChI=1S/C38H63NO7/c1-23-37-16-15-36(7)26-9-11-28(33(35(5,6)41)44-24(2)40)45-29(26)21-27(36)25(37)10-12-30-34(3,4)31(13-14-38(23,30)37)46-32-22-39(17-19-42-8)18-20-43-32/h23,25-33,41H,9-22H2,1-8H3/t23-,25-,26?,27?,28+,29?,30?,31-,32?,33-,36+,37-,38?/m0/s1. The molecule has 5 saturated carbocycles. The molecule has 0 bridgehead atoms. The Morgan fingerprint density at radius 3 is 2.50 bits per heavy atom. The van der Waals surface area contributed by atoms with Gasteiger partial charge in [-0.1, -0.05) is 27.7 Å². The summed E-state index contributed by atoms with van der Waals surface area (Å²) >= 11 is 0. The molecule has 46 heavy (non-hydrogen) atoms. The molecule has 8 heteroatoms. The van der Waals surface area contributed by atoms with E-state index in [1.165, 1.54) is 39.0 Å². The summed E-state index contributed by atoms with van der Waals surface area (Å²) in [4.78, 5) is 14.4. The van der Waals surface area contributed by atoms with Crippen molar-refractivity contribution in [1.29, 1.82) is 0 Å². The summed E-state index contributed by atoms with van der Waals surface area (Å²) in [5, 5.41) is 10.9. The Kier molecular flexibility index (Phi) is 8.54. The second-order valence-electron chi connectivity index (χ2n) is 18.0. The third-order valence-electron chi connectivity index (χ3n) is 15.6. The zero-order valence-electron chi connectivity index (χ0n) is 30.0. The molecule has 0 aromatic heterocycles. The van der Waals surface area contributed by atoms with E-state index >= 15 is 0 Å². The first-order valence-corrected chi connectivity index (χ1v) is 18.7. The van der Waals surface area contributed by atoms with Crippen LogP contribution in [0, 0.1) is 51.2 Å². The average Bonchev–Trinajstić information content (AvgIpc) is 3.37. The number of fused-ring (bicyclic) bond motifs is 4. The van der Waals surface area contributed by atoms with Crippen molar-refractivity contribution in [3.05, 3.63) is 0 Å². The number of ether oxygens (including phenoxy) is 5. The van der Waals surface area contributed by atoms with E-state index in [1.807, 2.05) is 0 Å². The lowest BCUT2D eigenvalue weighted by atomic mass is 9.46. The van der Waals surface area contributed by atoms with Gasteiger partial charge in [0.25, 0.3) is 0 Å². The van der Waals surface area contributed by atoms with Crippen molar-refractivity contribution in [3.8, 4) is 0 Å². The van der Waals surface area contributed by atoms with E-state index in [0.29, 0.717) is 34.0 Å². The van der Waals surface area contributed by atoms with Gasteiger partial charge in [0.2, 0.25) is 0 Å². The van der Waals surface area contributed by atoms with E-state index in [4.69, 9.17) is 23.7 Å². The van der Waals surface area contributed by atoms with Gasteiger partial charge >= 0.3 is 5.97 Å². The summed E-state index contributed by atoms with van der Waals surface area (Å²) in [7, 11) is 1.77. The molecule has 2 spiro atoms. The van der Waals surface area contributed by atoms with Gasteiger partial charge in [-0.25, -0.2) is 0 Å². The molecule has 7 aliphatic rings. The first-order valence-electron chi connectivity index (χ1n) is 18.7. The fraction of sp³-hybridized carbons (Fsp3) is 0.974. The molecule has 262 valence electrons. The van der Waals surface area contributed by atoms with Gasteiger partial charge in [-0.05, 0) is 123 Å². The number of nitrogens with zero attached hydrogens (tertiary/aromatic N) is 1. The van der Waals surface area contributed by atoms with E-state index < -0.39 is 11.7 Å². The van der Waals surface area contributed by atoms with Crippen LogP contribution in [-0.2, 0) is 28.5 Å². The number of carbonyl (C=O) groups excluding carboxylic acids is 1. The van der Waals surface area contributed by atoms with Crippen molar-refractivity contribution in [2.45, 2.75) is 143 Å². The van der Waals surface area contributed by atoms with E-state index in [9.17, 15) is 9.90 Å². The Morgan fingerprint density at radius 1 is 1.02 bits per heavy atom. The second kappa shape index (κ2) is 11.7. The maximum atomic E-state index is 12.0. The fourth-order valence-electron chi connectivity index (χ4n) is 13.7. The van der Waals surface area contributed by atoms with Crippen LogP contribution in [0.2, 0.25) is 0 Å². The first-order chi connectivity index (χ1) is 21.7. The highest BCUT2D eigenvalue weighted by Gasteiger charge is 2.84. The summed E-state index contributed by atoms with van der Waals surface area (Å²) in [6, 6.07) is 0. The van der Waals surface area contributed by atoms with Gasteiger partial charge in [0, 0.05) is 33.7 Å². The van der Waals surface area contributed by atoms with Crippen molar-refractivity contribution in [2.24, 2.45) is 51.2 Å². The number of carbonyl (C=O) groups is 1. The third kappa shape index (κ3) is 4.92. The molecule has 5 aliphatic carbocycles. The molecule has 1 N–H and O–H groups in total. The molecule has 2 saturated heterocycles. The van der Waals surface area contributed by atoms with Gasteiger partial charge in [0.1, 0.15) is 0 Å². The van der Waals surface area contributed by atoms with Gasteiger partial charge in [-0.2, -0.15) is 0 Å². The Labute approximate surface area is 277 Å². The van der Waals surface area contributed by atoms with Gasteiger partial charge < -0.3 is 28.8 Å². The highest BCUT2D eigenvalue weighted by atomic mass is 16.7. The molecular formula is C38H63NO7. The van der Waals surface area contributed by atoms with Crippen molar-refractivity contribution >= 4 is 5.97 Å². The maximum Gasteiger partial charge on any atom is 0.303 e. The van der Waals surface area contributed by atoms with E-state index in [0.717, 1.165) is 70.4 Å². The quantitative estimate of drug-likeness (QED) is 0.330. The molecular weight excluding hydrogens is 582 g/mol. The minimum absolute atomic E-state index is 0.114. The third-order valence-corrected chi connectivity index (χ3v) is 15.6. The van der Waals surface area contributed by atoms with Crippen LogP contribution in [0.4, 0.5) is 0 Å². The molecule has 13 atom stereocenters. The Hall–Kier alpha value is -0.770. The largest absolute Gasteiger partial charge is 0.457 e. The fourth-order valence-corrected chi connectivity index (χ4v) is 13.7. The lowest BCUT2D eigenvalue weighted by Crippen LogP contribution is -2.56. The zero-order valence-corrected chi connectivity index (χ0v) is 30.0. The van der Waals surface area contributed by atoms with Crippen LogP contribution in [0.5, 0.6) is 0 Å². The van der Waals surface area contributed by atoms with Crippen LogP contribution in [0.3, 0.4) is 0 Å². The summed E-state index contributed by atoms with van der Waals surface area (Å²) in [6.07, 6.45) is 10.1.